The van der Waals surface area contributed by atoms with Gasteiger partial charge in [-0.15, -0.1) is 0 Å². The Morgan fingerprint density at radius 3 is 2.27 bits per heavy atom. The largest absolute Gasteiger partial charge is 0.369 e. The highest BCUT2D eigenvalue weighted by atomic mass is 19.1. The van der Waals surface area contributed by atoms with E-state index < -0.39 is 0 Å². The van der Waals surface area contributed by atoms with Crippen molar-refractivity contribution in [2.75, 3.05) is 29.9 Å². The number of hydrogen-bond donors (Lipinski definition) is 0. The van der Waals surface area contributed by atoms with Crippen LogP contribution in [-0.4, -0.2) is 32.3 Å². The van der Waals surface area contributed by atoms with Crippen LogP contribution in [0.25, 0.3) is 0 Å². The Morgan fingerprint density at radius 1 is 1.15 bits per heavy atom. The third-order valence-corrected chi connectivity index (χ3v) is 4.36. The highest BCUT2D eigenvalue weighted by molar-refractivity contribution is 5.96. The van der Waals surface area contributed by atoms with Gasteiger partial charge < -0.3 is 9.80 Å². The van der Waals surface area contributed by atoms with Gasteiger partial charge in [-0.25, -0.2) is 9.38 Å². The van der Waals surface area contributed by atoms with Gasteiger partial charge in [-0.2, -0.15) is 0 Å². The number of aliphatic imine (C=N–C) groups is 1. The summed E-state index contributed by atoms with van der Waals surface area (Å²) in [5.74, 6) is 0.482. The molecule has 0 unspecified atom stereocenters. The summed E-state index contributed by atoms with van der Waals surface area (Å²) >= 11 is 0. The van der Waals surface area contributed by atoms with Gasteiger partial charge in [-0.1, -0.05) is 26.7 Å². The van der Waals surface area contributed by atoms with Crippen LogP contribution in [0.15, 0.2) is 35.0 Å². The predicted molar refractivity (Wildman–Crippen MR) is 110 cm³/mol. The molecule has 0 heterocycles. The number of rotatable bonds is 10. The Morgan fingerprint density at radius 2 is 1.77 bits per heavy atom. The maximum absolute atomic E-state index is 14.8. The number of hydrogen-bond acceptors (Lipinski definition) is 3. The number of anilines is 2. The van der Waals surface area contributed by atoms with E-state index in [9.17, 15) is 9.18 Å². The summed E-state index contributed by atoms with van der Waals surface area (Å²) in [6.07, 6.45) is 6.41. The number of unbranched alkanes of at least 4 members (excludes halogenated alkanes) is 2. The molecule has 26 heavy (non-hydrogen) atoms. The molecule has 0 radical (unpaired) electrons. The summed E-state index contributed by atoms with van der Waals surface area (Å²) in [6, 6.07) is 5.33. The maximum Gasteiger partial charge on any atom is 0.148 e. The van der Waals surface area contributed by atoms with E-state index in [1.807, 2.05) is 31.0 Å². The SMILES string of the molecule is CCCCN(CCCC)c1ccc(N(C)C(C)=N/C(C)=C\C=O)cc1F. The first-order chi connectivity index (χ1) is 12.4. The summed E-state index contributed by atoms with van der Waals surface area (Å²) in [4.78, 5) is 18.8. The van der Waals surface area contributed by atoms with Gasteiger partial charge in [0, 0.05) is 31.5 Å². The molecule has 0 aliphatic carbocycles. The molecule has 0 atom stereocenters. The van der Waals surface area contributed by atoms with Crippen molar-refractivity contribution in [2.24, 2.45) is 4.99 Å². The number of halogens is 1. The molecule has 0 N–H and O–H groups in total. The fourth-order valence-corrected chi connectivity index (χ4v) is 2.66. The van der Waals surface area contributed by atoms with Gasteiger partial charge in [0.05, 0.1) is 5.69 Å². The minimum absolute atomic E-state index is 0.213. The molecule has 5 heteroatoms. The lowest BCUT2D eigenvalue weighted by atomic mass is 10.2. The van der Waals surface area contributed by atoms with E-state index in [0.29, 0.717) is 23.5 Å². The van der Waals surface area contributed by atoms with Crippen molar-refractivity contribution in [3.8, 4) is 0 Å². The van der Waals surface area contributed by atoms with Gasteiger partial charge >= 0.3 is 0 Å². The first-order valence-corrected chi connectivity index (χ1v) is 9.40. The first kappa shape index (κ1) is 21.9. The minimum Gasteiger partial charge on any atom is -0.369 e. The normalized spacial score (nSPS) is 12.2. The summed E-state index contributed by atoms with van der Waals surface area (Å²) in [5.41, 5.74) is 2.01. The monoisotopic (exact) mass is 361 g/mol. The van der Waals surface area contributed by atoms with E-state index in [0.717, 1.165) is 44.5 Å². The van der Waals surface area contributed by atoms with Crippen molar-refractivity contribution < 1.29 is 9.18 Å². The van der Waals surface area contributed by atoms with Gasteiger partial charge in [0.1, 0.15) is 17.9 Å². The van der Waals surface area contributed by atoms with E-state index >= 15 is 0 Å². The van der Waals surface area contributed by atoms with Gasteiger partial charge in [-0.05, 0) is 51.0 Å². The Bertz CT molecular complexity index is 632. The van der Waals surface area contributed by atoms with Crippen molar-refractivity contribution in [2.45, 2.75) is 53.4 Å². The zero-order chi connectivity index (χ0) is 19.5. The number of nitrogens with zero attached hydrogens (tertiary/aromatic N) is 3. The fourth-order valence-electron chi connectivity index (χ4n) is 2.66. The molecule has 1 aromatic carbocycles. The zero-order valence-electron chi connectivity index (χ0n) is 16.8. The molecule has 144 valence electrons. The number of amidine groups is 1. The summed E-state index contributed by atoms with van der Waals surface area (Å²) < 4.78 is 14.8. The van der Waals surface area contributed by atoms with E-state index in [-0.39, 0.29) is 5.82 Å². The molecule has 0 saturated carbocycles. The molecule has 0 amide bonds. The summed E-state index contributed by atoms with van der Waals surface area (Å²) in [6.45, 7) is 9.64. The van der Waals surface area contributed by atoms with E-state index in [2.05, 4.69) is 23.7 Å². The fraction of sp³-hybridized carbons (Fsp3) is 0.524. The summed E-state index contributed by atoms with van der Waals surface area (Å²) in [5, 5.41) is 0. The van der Waals surface area contributed by atoms with Crippen LogP contribution in [0.1, 0.15) is 53.4 Å². The van der Waals surface area contributed by atoms with Crippen LogP contribution in [0, 0.1) is 5.82 Å². The van der Waals surface area contributed by atoms with Crippen LogP contribution >= 0.6 is 0 Å². The smallest absolute Gasteiger partial charge is 0.148 e. The molecule has 1 aromatic rings. The van der Waals surface area contributed by atoms with Crippen LogP contribution in [-0.2, 0) is 4.79 Å². The lowest BCUT2D eigenvalue weighted by Gasteiger charge is -2.26. The van der Waals surface area contributed by atoms with Crippen LogP contribution in [0.3, 0.4) is 0 Å². The lowest BCUT2D eigenvalue weighted by Crippen LogP contribution is -2.27. The second-order valence-corrected chi connectivity index (χ2v) is 6.49. The Labute approximate surface area is 157 Å². The quantitative estimate of drug-likeness (QED) is 0.249. The van der Waals surface area contributed by atoms with Crippen molar-refractivity contribution in [1.29, 1.82) is 0 Å². The van der Waals surface area contributed by atoms with Gasteiger partial charge in [0.2, 0.25) is 0 Å². The highest BCUT2D eigenvalue weighted by Gasteiger charge is 2.14. The van der Waals surface area contributed by atoms with Gasteiger partial charge in [0.25, 0.3) is 0 Å². The minimum atomic E-state index is -0.213. The molecule has 0 saturated heterocycles. The van der Waals surface area contributed by atoms with Crippen molar-refractivity contribution >= 4 is 23.5 Å². The van der Waals surface area contributed by atoms with E-state index in [4.69, 9.17) is 0 Å². The van der Waals surface area contributed by atoms with E-state index in [1.165, 1.54) is 6.08 Å². The average Bonchev–Trinajstić information content (AvgIpc) is 2.61. The highest BCUT2D eigenvalue weighted by Crippen LogP contribution is 2.26. The van der Waals surface area contributed by atoms with Crippen LogP contribution in [0.2, 0.25) is 0 Å². The second kappa shape index (κ2) is 11.4. The van der Waals surface area contributed by atoms with Crippen molar-refractivity contribution in [3.63, 3.8) is 0 Å². The molecule has 0 aliphatic rings. The first-order valence-electron chi connectivity index (χ1n) is 9.40. The zero-order valence-corrected chi connectivity index (χ0v) is 16.8. The third kappa shape index (κ3) is 6.62. The Kier molecular flexibility index (Phi) is 9.63. The molecule has 0 spiro atoms. The molecule has 0 aliphatic heterocycles. The maximum atomic E-state index is 14.8. The molecular formula is C21H32FN3O. The molecule has 1 rings (SSSR count). The van der Waals surface area contributed by atoms with E-state index in [1.54, 1.807) is 13.0 Å². The Hall–Kier alpha value is -2.17. The van der Waals surface area contributed by atoms with Gasteiger partial charge in [0.15, 0.2) is 0 Å². The molecule has 0 aromatic heterocycles. The number of allylic oxidation sites excluding steroid dienone is 2. The standard InChI is InChI=1S/C21H32FN3O/c1-6-8-13-25(14-9-7-2)21-11-10-19(16-20(21)22)24(5)18(4)23-17(3)12-15-26/h10-12,15-16H,6-9,13-14H2,1-5H3/b17-12-,23-18?. The van der Waals surface area contributed by atoms with Crippen LogP contribution < -0.4 is 9.80 Å². The Balaban J connectivity index is 3.03. The predicted octanol–water partition coefficient (Wildman–Crippen LogP) is 5.19. The molecule has 4 nitrogen and oxygen atoms in total. The van der Waals surface area contributed by atoms with Crippen LogP contribution in [0.5, 0.6) is 0 Å². The van der Waals surface area contributed by atoms with Crippen molar-refractivity contribution in [1.82, 2.24) is 0 Å². The summed E-state index contributed by atoms with van der Waals surface area (Å²) in [7, 11) is 1.84. The molecule has 0 bridgehead atoms. The molecule has 0 fully saturated rings. The van der Waals surface area contributed by atoms with Crippen molar-refractivity contribution in [3.05, 3.63) is 35.8 Å². The van der Waals surface area contributed by atoms with Crippen LogP contribution in [0.4, 0.5) is 15.8 Å². The number of benzene rings is 1. The molecular weight excluding hydrogens is 329 g/mol. The number of carbonyl (C=O) groups is 1. The number of aldehydes is 1. The third-order valence-electron chi connectivity index (χ3n) is 4.36. The second-order valence-electron chi connectivity index (χ2n) is 6.49. The number of carbonyl (C=O) groups excluding carboxylic acids is 1. The van der Waals surface area contributed by atoms with Gasteiger partial charge in [-0.3, -0.25) is 4.79 Å². The lowest BCUT2D eigenvalue weighted by molar-refractivity contribution is -0.104. The average molecular weight is 362 g/mol. The topological polar surface area (TPSA) is 35.9 Å².